The third kappa shape index (κ3) is 3.68. The molecule has 0 unspecified atom stereocenters. The molecule has 0 fully saturated rings. The second-order valence-corrected chi connectivity index (χ2v) is 8.96. The van der Waals surface area contributed by atoms with E-state index in [9.17, 15) is 27.0 Å². The largest absolute Gasteiger partial charge is 0.508 e. The number of fused-ring (bicyclic) bond motifs is 1. The van der Waals surface area contributed by atoms with Crippen LogP contribution >= 0.6 is 0 Å². The Morgan fingerprint density at radius 2 is 1.52 bits per heavy atom. The highest BCUT2D eigenvalue weighted by Crippen LogP contribution is 2.35. The van der Waals surface area contributed by atoms with Gasteiger partial charge in [-0.25, -0.2) is 8.42 Å². The Hall–Kier alpha value is -2.82. The summed E-state index contributed by atoms with van der Waals surface area (Å²) in [5.74, 6) is -0.394. The summed E-state index contributed by atoms with van der Waals surface area (Å²) in [5.41, 5.74) is 0.428. The lowest BCUT2D eigenvalue weighted by Gasteiger charge is -2.12. The molecule has 0 saturated heterocycles. The minimum Gasteiger partial charge on any atom is -0.508 e. The Morgan fingerprint density at radius 3 is 2.19 bits per heavy atom. The van der Waals surface area contributed by atoms with Crippen LogP contribution < -0.4 is 4.72 Å². The average Bonchev–Trinajstić information content (AvgIpc) is 2.58. The molecule has 0 aliphatic heterocycles. The van der Waals surface area contributed by atoms with Gasteiger partial charge in [0.05, 0.1) is 15.5 Å². The van der Waals surface area contributed by atoms with Crippen LogP contribution in [0.1, 0.15) is 5.56 Å². The molecule has 3 rings (SSSR count). The molecule has 0 aromatic heterocycles. The van der Waals surface area contributed by atoms with Crippen molar-refractivity contribution in [3.8, 4) is 11.5 Å². The van der Waals surface area contributed by atoms with Crippen LogP contribution in [-0.4, -0.2) is 31.6 Å². The van der Waals surface area contributed by atoms with Gasteiger partial charge in [0.2, 0.25) is 0 Å². The van der Waals surface area contributed by atoms with Gasteiger partial charge in [0.25, 0.3) is 20.1 Å². The maximum atomic E-state index is 12.6. The van der Waals surface area contributed by atoms with Crippen molar-refractivity contribution < 1.29 is 31.6 Å². The predicted molar refractivity (Wildman–Crippen MR) is 99.1 cm³/mol. The summed E-state index contributed by atoms with van der Waals surface area (Å²) in [6.07, 6.45) is 0. The predicted octanol–water partition coefficient (Wildman–Crippen LogP) is 2.61. The Bertz CT molecular complexity index is 1270. The van der Waals surface area contributed by atoms with Gasteiger partial charge < -0.3 is 10.2 Å². The fourth-order valence-corrected chi connectivity index (χ4v) is 4.22. The highest BCUT2D eigenvalue weighted by Gasteiger charge is 2.18. The summed E-state index contributed by atoms with van der Waals surface area (Å²) in [6, 6.07) is 9.82. The number of benzene rings is 3. The number of aryl methyl sites for hydroxylation is 1. The van der Waals surface area contributed by atoms with E-state index in [-0.39, 0.29) is 27.5 Å². The molecule has 142 valence electrons. The van der Waals surface area contributed by atoms with E-state index in [1.807, 2.05) is 0 Å². The summed E-state index contributed by atoms with van der Waals surface area (Å²) in [7, 11) is -8.59. The molecule has 8 nitrogen and oxygen atoms in total. The molecule has 27 heavy (non-hydrogen) atoms. The van der Waals surface area contributed by atoms with E-state index >= 15 is 0 Å². The van der Waals surface area contributed by atoms with Crippen molar-refractivity contribution in [3.05, 3.63) is 54.1 Å². The first kappa shape index (κ1) is 19.0. The molecule has 0 amide bonds. The number of hydrogen-bond acceptors (Lipinski definition) is 6. The van der Waals surface area contributed by atoms with Crippen LogP contribution in [0.4, 0.5) is 5.69 Å². The Labute approximate surface area is 155 Å². The highest BCUT2D eigenvalue weighted by molar-refractivity contribution is 7.92. The molecule has 0 bridgehead atoms. The molecular formula is C17H15NO7S2. The van der Waals surface area contributed by atoms with Gasteiger partial charge in [0.15, 0.2) is 0 Å². The second kappa shape index (κ2) is 6.41. The van der Waals surface area contributed by atoms with Crippen LogP contribution in [0.2, 0.25) is 0 Å². The lowest BCUT2D eigenvalue weighted by molar-refractivity contribution is 0.452. The SMILES string of the molecule is Cc1c(O)cc(O)c2cc(S(=O)(=O)Nc3cccc(S(=O)(=O)O)c3)ccc12. The lowest BCUT2D eigenvalue weighted by atomic mass is 10.0. The van der Waals surface area contributed by atoms with Crippen LogP contribution in [-0.2, 0) is 20.1 Å². The van der Waals surface area contributed by atoms with Crippen LogP contribution in [0.5, 0.6) is 11.5 Å². The third-order valence-corrected chi connectivity index (χ3v) is 6.25. The Balaban J connectivity index is 2.06. The average molecular weight is 409 g/mol. The van der Waals surface area contributed by atoms with Crippen LogP contribution in [0.25, 0.3) is 10.8 Å². The zero-order chi connectivity index (χ0) is 20.0. The molecule has 0 heterocycles. The highest BCUT2D eigenvalue weighted by atomic mass is 32.2. The Morgan fingerprint density at radius 1 is 0.815 bits per heavy atom. The summed E-state index contributed by atoms with van der Waals surface area (Å²) in [6.45, 7) is 1.63. The quantitative estimate of drug-likeness (QED) is 0.485. The monoisotopic (exact) mass is 409 g/mol. The van der Waals surface area contributed by atoms with Crippen molar-refractivity contribution in [1.82, 2.24) is 0 Å². The number of nitrogens with one attached hydrogen (secondary N) is 1. The first-order valence-electron chi connectivity index (χ1n) is 7.55. The first-order chi connectivity index (χ1) is 12.5. The number of rotatable bonds is 4. The van der Waals surface area contributed by atoms with Gasteiger partial charge in [-0.15, -0.1) is 0 Å². The minimum atomic E-state index is -4.48. The number of sulfonamides is 1. The van der Waals surface area contributed by atoms with E-state index in [1.165, 1.54) is 30.3 Å². The third-order valence-electron chi connectivity index (χ3n) is 4.02. The van der Waals surface area contributed by atoms with E-state index in [0.29, 0.717) is 10.9 Å². The van der Waals surface area contributed by atoms with Crippen LogP contribution in [0, 0.1) is 6.92 Å². The van der Waals surface area contributed by atoms with E-state index in [0.717, 1.165) is 18.2 Å². The molecule has 4 N–H and O–H groups in total. The van der Waals surface area contributed by atoms with Gasteiger partial charge in [-0.1, -0.05) is 12.1 Å². The molecule has 0 atom stereocenters. The maximum absolute atomic E-state index is 12.6. The van der Waals surface area contributed by atoms with Crippen molar-refractivity contribution >= 4 is 36.6 Å². The van der Waals surface area contributed by atoms with Crippen molar-refractivity contribution in [2.24, 2.45) is 0 Å². The van der Waals surface area contributed by atoms with Gasteiger partial charge in [0.1, 0.15) is 11.5 Å². The molecule has 0 radical (unpaired) electrons. The zero-order valence-electron chi connectivity index (χ0n) is 13.9. The molecule has 10 heteroatoms. The van der Waals surface area contributed by atoms with Crippen LogP contribution in [0.15, 0.2) is 58.3 Å². The van der Waals surface area contributed by atoms with Crippen molar-refractivity contribution in [2.45, 2.75) is 16.7 Å². The topological polar surface area (TPSA) is 141 Å². The summed E-state index contributed by atoms with van der Waals surface area (Å²) >= 11 is 0. The fraction of sp³-hybridized carbons (Fsp3) is 0.0588. The first-order valence-corrected chi connectivity index (χ1v) is 10.5. The molecule has 0 spiro atoms. The standard InChI is InChI=1S/C17H15NO7S2/c1-10-14-6-5-12(8-15(14)17(20)9-16(10)19)26(21,22)18-11-3-2-4-13(7-11)27(23,24)25/h2-9,18-20H,1H3,(H,23,24,25). The summed E-state index contributed by atoms with van der Waals surface area (Å²) < 4.78 is 58.9. The molecular weight excluding hydrogens is 394 g/mol. The van der Waals surface area contributed by atoms with Gasteiger partial charge in [0, 0.05) is 11.5 Å². The van der Waals surface area contributed by atoms with Crippen molar-refractivity contribution in [1.29, 1.82) is 0 Å². The lowest BCUT2D eigenvalue weighted by Crippen LogP contribution is -2.13. The fourth-order valence-electron chi connectivity index (χ4n) is 2.62. The van der Waals surface area contributed by atoms with Gasteiger partial charge in [-0.2, -0.15) is 8.42 Å². The minimum absolute atomic E-state index is 0.0590. The molecule has 0 aliphatic rings. The van der Waals surface area contributed by atoms with E-state index in [4.69, 9.17) is 4.55 Å². The van der Waals surface area contributed by atoms with E-state index < -0.39 is 25.0 Å². The number of phenolic OH excluding ortho intramolecular Hbond substituents is 2. The molecule has 0 aliphatic carbocycles. The normalized spacial score (nSPS) is 12.2. The number of hydrogen-bond donors (Lipinski definition) is 4. The molecule has 0 saturated carbocycles. The Kier molecular flexibility index (Phi) is 4.50. The van der Waals surface area contributed by atoms with Crippen molar-refractivity contribution in [2.75, 3.05) is 4.72 Å². The smallest absolute Gasteiger partial charge is 0.294 e. The molecule has 3 aromatic carbocycles. The maximum Gasteiger partial charge on any atom is 0.294 e. The summed E-state index contributed by atoms with van der Waals surface area (Å²) in [4.78, 5) is -0.627. The van der Waals surface area contributed by atoms with Gasteiger partial charge >= 0.3 is 0 Å². The zero-order valence-corrected chi connectivity index (χ0v) is 15.5. The van der Waals surface area contributed by atoms with Crippen LogP contribution in [0.3, 0.4) is 0 Å². The number of anilines is 1. The number of aromatic hydroxyl groups is 2. The molecule has 3 aromatic rings. The van der Waals surface area contributed by atoms with E-state index in [1.54, 1.807) is 6.92 Å². The number of phenols is 2. The van der Waals surface area contributed by atoms with Gasteiger partial charge in [-0.05, 0) is 48.2 Å². The van der Waals surface area contributed by atoms with Crippen molar-refractivity contribution in [3.63, 3.8) is 0 Å². The van der Waals surface area contributed by atoms with E-state index in [2.05, 4.69) is 4.72 Å². The second-order valence-electron chi connectivity index (χ2n) is 5.86. The summed E-state index contributed by atoms with van der Waals surface area (Å²) in [5, 5.41) is 20.5. The van der Waals surface area contributed by atoms with Gasteiger partial charge in [-0.3, -0.25) is 9.27 Å².